The molecule has 1 heterocycles. The van der Waals surface area contributed by atoms with E-state index in [2.05, 4.69) is 20.9 Å². The van der Waals surface area contributed by atoms with E-state index < -0.39 is 11.6 Å². The van der Waals surface area contributed by atoms with Gasteiger partial charge in [0, 0.05) is 49.6 Å². The van der Waals surface area contributed by atoms with Gasteiger partial charge in [0.05, 0.1) is 13.2 Å². The Morgan fingerprint density at radius 2 is 1.70 bits per heavy atom. The maximum Gasteiger partial charge on any atom is 0.325 e. The molecule has 2 unspecified atom stereocenters. The van der Waals surface area contributed by atoms with Crippen LogP contribution in [0.1, 0.15) is 42.6 Å². The first kappa shape index (κ1) is 31.0. The topological polar surface area (TPSA) is 145 Å². The molecule has 0 saturated heterocycles. The summed E-state index contributed by atoms with van der Waals surface area (Å²) in [7, 11) is 0. The molecule has 0 aromatic heterocycles. The summed E-state index contributed by atoms with van der Waals surface area (Å²) < 4.78 is 11.0. The number of carbonyl (C=O) groups excluding carboxylic acids is 2. The highest BCUT2D eigenvalue weighted by Gasteiger charge is 2.19. The standard InChI is InChI=1S/C29H41N5O6/c1-29(2,3)40-26(37)20-30-27(38)22-6-4-21(5-7-22)23-18-31-28(32-19-23)33-24-8-10-25(11-9-24)39-17-14-34(12-15-35)13-16-36/h4-11,18,23,28,32-33,35-36H,12-17,19-20H2,1-3H3,(H,30,38). The summed E-state index contributed by atoms with van der Waals surface area (Å²) in [6.07, 6.45) is 1.62. The van der Waals surface area contributed by atoms with E-state index in [9.17, 15) is 9.59 Å². The predicted molar refractivity (Wildman–Crippen MR) is 154 cm³/mol. The Hall–Kier alpha value is -3.51. The van der Waals surface area contributed by atoms with E-state index in [1.54, 1.807) is 32.9 Å². The quantitative estimate of drug-likeness (QED) is 0.219. The van der Waals surface area contributed by atoms with Crippen molar-refractivity contribution in [2.24, 2.45) is 4.99 Å². The summed E-state index contributed by atoms with van der Waals surface area (Å²) in [5.41, 5.74) is 1.79. The Morgan fingerprint density at radius 3 is 2.27 bits per heavy atom. The van der Waals surface area contributed by atoms with Gasteiger partial charge in [0.25, 0.3) is 5.91 Å². The van der Waals surface area contributed by atoms with E-state index in [1.165, 1.54) is 0 Å². The van der Waals surface area contributed by atoms with Gasteiger partial charge in [0.1, 0.15) is 24.5 Å². The van der Waals surface area contributed by atoms with Crippen LogP contribution in [0, 0.1) is 0 Å². The van der Waals surface area contributed by atoms with Crippen molar-refractivity contribution in [3.8, 4) is 5.75 Å². The first-order valence-corrected chi connectivity index (χ1v) is 13.5. The maximum atomic E-state index is 12.4. The number of nitrogens with one attached hydrogen (secondary N) is 3. The molecule has 5 N–H and O–H groups in total. The number of hydrogen-bond acceptors (Lipinski definition) is 10. The van der Waals surface area contributed by atoms with Crippen molar-refractivity contribution in [3.05, 3.63) is 59.7 Å². The van der Waals surface area contributed by atoms with Crippen molar-refractivity contribution in [2.45, 2.75) is 38.6 Å². The Morgan fingerprint density at radius 1 is 1.02 bits per heavy atom. The zero-order valence-electron chi connectivity index (χ0n) is 23.4. The molecule has 0 saturated carbocycles. The molecule has 0 spiro atoms. The van der Waals surface area contributed by atoms with Gasteiger partial charge in [0.2, 0.25) is 0 Å². The summed E-state index contributed by atoms with van der Waals surface area (Å²) in [5.74, 6) is -0.0190. The van der Waals surface area contributed by atoms with Crippen molar-refractivity contribution < 1.29 is 29.3 Å². The van der Waals surface area contributed by atoms with Crippen molar-refractivity contribution in [1.29, 1.82) is 0 Å². The number of aliphatic imine (C=N–C) groups is 1. The molecule has 0 aliphatic carbocycles. The average Bonchev–Trinajstić information content (AvgIpc) is 2.92. The maximum absolute atomic E-state index is 12.4. The first-order valence-electron chi connectivity index (χ1n) is 13.5. The minimum atomic E-state index is -0.598. The lowest BCUT2D eigenvalue weighted by atomic mass is 9.98. The van der Waals surface area contributed by atoms with Crippen LogP contribution in [0.3, 0.4) is 0 Å². The molecule has 3 rings (SSSR count). The molecule has 1 aliphatic heterocycles. The van der Waals surface area contributed by atoms with Crippen molar-refractivity contribution in [2.75, 3.05) is 57.9 Å². The zero-order valence-corrected chi connectivity index (χ0v) is 23.4. The van der Waals surface area contributed by atoms with E-state index in [0.717, 1.165) is 17.0 Å². The molecule has 2 aromatic carbocycles. The van der Waals surface area contributed by atoms with Gasteiger partial charge in [-0.2, -0.15) is 0 Å². The Bertz CT molecular complexity index is 1100. The van der Waals surface area contributed by atoms with Crippen LogP contribution in [0.25, 0.3) is 0 Å². The lowest BCUT2D eigenvalue weighted by Gasteiger charge is -2.25. The van der Waals surface area contributed by atoms with Crippen LogP contribution in [0.4, 0.5) is 5.69 Å². The molecule has 2 aromatic rings. The second-order valence-corrected chi connectivity index (χ2v) is 10.4. The molecule has 0 fully saturated rings. The van der Waals surface area contributed by atoms with E-state index in [1.807, 2.05) is 47.5 Å². The number of aliphatic hydroxyl groups excluding tert-OH is 2. The number of rotatable bonds is 14. The number of hydrogen-bond donors (Lipinski definition) is 5. The second kappa shape index (κ2) is 15.3. The zero-order chi connectivity index (χ0) is 29.0. The third-order valence-corrected chi connectivity index (χ3v) is 6.03. The fourth-order valence-electron chi connectivity index (χ4n) is 4.06. The van der Waals surface area contributed by atoms with Gasteiger partial charge in [-0.25, -0.2) is 0 Å². The van der Waals surface area contributed by atoms with Crippen LogP contribution >= 0.6 is 0 Å². The number of nitrogens with zero attached hydrogens (tertiary/aromatic N) is 2. The minimum Gasteiger partial charge on any atom is -0.492 e. The fourth-order valence-corrected chi connectivity index (χ4v) is 4.06. The highest BCUT2D eigenvalue weighted by molar-refractivity contribution is 5.96. The van der Waals surface area contributed by atoms with Gasteiger partial charge in [0.15, 0.2) is 6.29 Å². The lowest BCUT2D eigenvalue weighted by molar-refractivity contribution is -0.153. The molecular formula is C29H41N5O6. The van der Waals surface area contributed by atoms with E-state index in [-0.39, 0.29) is 37.9 Å². The highest BCUT2D eigenvalue weighted by Crippen LogP contribution is 2.20. The van der Waals surface area contributed by atoms with Crippen LogP contribution in [-0.4, -0.2) is 97.6 Å². The summed E-state index contributed by atoms with van der Waals surface area (Å²) in [5, 5.41) is 27.5. The molecule has 11 heteroatoms. The minimum absolute atomic E-state index is 0.0442. The largest absolute Gasteiger partial charge is 0.492 e. The summed E-state index contributed by atoms with van der Waals surface area (Å²) in [4.78, 5) is 30.7. The van der Waals surface area contributed by atoms with Crippen LogP contribution in [0.15, 0.2) is 53.5 Å². The number of esters is 1. The molecule has 11 nitrogen and oxygen atoms in total. The number of ether oxygens (including phenoxy) is 2. The van der Waals surface area contributed by atoms with E-state index >= 15 is 0 Å². The van der Waals surface area contributed by atoms with Crippen LogP contribution in [0.2, 0.25) is 0 Å². The van der Waals surface area contributed by atoms with E-state index in [0.29, 0.717) is 38.3 Å². The number of amides is 1. The van der Waals surface area contributed by atoms with Crippen LogP contribution in [0.5, 0.6) is 5.75 Å². The summed E-state index contributed by atoms with van der Waals surface area (Å²) in [6.45, 7) is 7.99. The second-order valence-electron chi connectivity index (χ2n) is 10.4. The summed E-state index contributed by atoms with van der Waals surface area (Å²) >= 11 is 0. The van der Waals surface area contributed by atoms with Gasteiger partial charge in [-0.1, -0.05) is 12.1 Å². The Balaban J connectivity index is 1.43. The van der Waals surface area contributed by atoms with Gasteiger partial charge in [-0.05, 0) is 62.7 Å². The SMILES string of the molecule is CC(C)(C)OC(=O)CNC(=O)c1ccc(C2C=NC(Nc3ccc(OCCN(CCO)CCO)cc3)NC2)cc1. The third-order valence-electron chi connectivity index (χ3n) is 6.03. The number of benzene rings is 2. The van der Waals surface area contributed by atoms with Crippen molar-refractivity contribution >= 4 is 23.8 Å². The van der Waals surface area contributed by atoms with Gasteiger partial charge in [-0.3, -0.25) is 24.8 Å². The molecule has 0 bridgehead atoms. The molecule has 2 atom stereocenters. The van der Waals surface area contributed by atoms with Crippen LogP contribution < -0.4 is 20.7 Å². The number of aliphatic hydroxyl groups is 2. The number of carbonyl (C=O) groups is 2. The van der Waals surface area contributed by atoms with E-state index in [4.69, 9.17) is 19.7 Å². The Kier molecular flexibility index (Phi) is 11.9. The Labute approximate surface area is 235 Å². The first-order chi connectivity index (χ1) is 19.2. The molecular weight excluding hydrogens is 514 g/mol. The molecule has 0 radical (unpaired) electrons. The van der Waals surface area contributed by atoms with Crippen LogP contribution in [-0.2, 0) is 9.53 Å². The summed E-state index contributed by atoms with van der Waals surface area (Å²) in [6, 6.07) is 14.8. The van der Waals surface area contributed by atoms with Gasteiger partial charge in [-0.15, -0.1) is 0 Å². The van der Waals surface area contributed by atoms with Crippen molar-refractivity contribution in [3.63, 3.8) is 0 Å². The normalized spacial score (nSPS) is 16.9. The third kappa shape index (κ3) is 10.6. The molecule has 1 amide bonds. The lowest BCUT2D eigenvalue weighted by Crippen LogP contribution is -2.41. The highest BCUT2D eigenvalue weighted by atomic mass is 16.6. The molecule has 218 valence electrons. The smallest absolute Gasteiger partial charge is 0.325 e. The fraction of sp³-hybridized carbons (Fsp3) is 0.483. The van der Waals surface area contributed by atoms with Gasteiger partial charge < -0.3 is 30.3 Å². The molecule has 1 aliphatic rings. The predicted octanol–water partition coefficient (Wildman–Crippen LogP) is 1.58. The average molecular weight is 556 g/mol. The van der Waals surface area contributed by atoms with Crippen molar-refractivity contribution in [1.82, 2.24) is 15.5 Å². The monoisotopic (exact) mass is 555 g/mol. The number of anilines is 1. The van der Waals surface area contributed by atoms with Gasteiger partial charge >= 0.3 is 5.97 Å². The molecule has 40 heavy (non-hydrogen) atoms.